The Kier molecular flexibility index (Phi) is 4.84. The van der Waals surface area contributed by atoms with Crippen LogP contribution in [0.3, 0.4) is 0 Å². The zero-order valence-electron chi connectivity index (χ0n) is 16.6. The average Bonchev–Trinajstić information content (AvgIpc) is 3.35. The van der Waals surface area contributed by atoms with Gasteiger partial charge in [-0.25, -0.2) is 4.98 Å². The fourth-order valence-corrected chi connectivity index (χ4v) is 4.29. The lowest BCUT2D eigenvalue weighted by Crippen LogP contribution is -2.56. The molecule has 3 aromatic rings. The van der Waals surface area contributed by atoms with Crippen LogP contribution in [0.15, 0.2) is 18.5 Å². The van der Waals surface area contributed by atoms with Gasteiger partial charge in [-0.05, 0) is 25.3 Å². The molecule has 2 fully saturated rings. The molecule has 0 atom stereocenters. The summed E-state index contributed by atoms with van der Waals surface area (Å²) >= 11 is 6.32. The van der Waals surface area contributed by atoms with Crippen molar-refractivity contribution in [2.75, 3.05) is 19.6 Å². The van der Waals surface area contributed by atoms with E-state index in [0.29, 0.717) is 6.54 Å². The van der Waals surface area contributed by atoms with Crippen molar-refractivity contribution in [1.29, 1.82) is 0 Å². The highest BCUT2D eigenvalue weighted by molar-refractivity contribution is 6.33. The lowest BCUT2D eigenvalue weighted by Gasteiger charge is -2.42. The minimum absolute atomic E-state index is 0.0983. The molecule has 0 unspecified atom stereocenters. The monoisotopic (exact) mass is 467 g/mol. The van der Waals surface area contributed by atoms with Crippen LogP contribution in [0.2, 0.25) is 5.15 Å². The van der Waals surface area contributed by atoms with E-state index in [-0.39, 0.29) is 47.1 Å². The first-order valence-corrected chi connectivity index (χ1v) is 10.4. The number of hydrogen-bond acceptors (Lipinski definition) is 5. The summed E-state index contributed by atoms with van der Waals surface area (Å²) in [6, 6.07) is 1.09. The van der Waals surface area contributed by atoms with Gasteiger partial charge in [0.1, 0.15) is 17.4 Å². The summed E-state index contributed by atoms with van der Waals surface area (Å²) in [5.41, 5.74) is -1.63. The average molecular weight is 468 g/mol. The molecule has 1 saturated carbocycles. The summed E-state index contributed by atoms with van der Waals surface area (Å²) in [5, 5.41) is 9.49. The Bertz CT molecular complexity index is 1200. The van der Waals surface area contributed by atoms with E-state index in [1.54, 1.807) is 4.90 Å². The number of aromatic amines is 1. The molecule has 2 aliphatic rings. The molecule has 1 saturated heterocycles. The second-order valence-electron chi connectivity index (χ2n) is 7.84. The maximum atomic E-state index is 13.8. The quantitative estimate of drug-likeness (QED) is 0.638. The SMILES string of the molecule is O=C(c1nc2c(C(F)(F)F)cc(-c3cn[nH]n3)cn2c1Cl)N1CCN(C2CCC2)C(=O)C1. The van der Waals surface area contributed by atoms with Crippen molar-refractivity contribution in [3.8, 4) is 11.3 Å². The van der Waals surface area contributed by atoms with Crippen molar-refractivity contribution < 1.29 is 22.8 Å². The third-order valence-corrected chi connectivity index (χ3v) is 6.30. The van der Waals surface area contributed by atoms with Gasteiger partial charge in [0.25, 0.3) is 5.91 Å². The molecule has 9 nitrogen and oxygen atoms in total. The fraction of sp³-hybridized carbons (Fsp3) is 0.421. The van der Waals surface area contributed by atoms with Crippen LogP contribution in [0.5, 0.6) is 0 Å². The fourth-order valence-electron chi connectivity index (χ4n) is 4.04. The summed E-state index contributed by atoms with van der Waals surface area (Å²) in [6.07, 6.45) is 0.809. The van der Waals surface area contributed by atoms with E-state index in [1.165, 1.54) is 17.3 Å². The Balaban J connectivity index is 1.51. The van der Waals surface area contributed by atoms with E-state index in [4.69, 9.17) is 11.6 Å². The molecule has 0 bridgehead atoms. The van der Waals surface area contributed by atoms with Gasteiger partial charge in [-0.1, -0.05) is 11.6 Å². The Labute approximate surface area is 184 Å². The molecule has 32 heavy (non-hydrogen) atoms. The third kappa shape index (κ3) is 3.38. The molecular formula is C19H17ClF3N7O2. The predicted octanol–water partition coefficient (Wildman–Crippen LogP) is 2.63. The molecule has 1 aliphatic carbocycles. The number of alkyl halides is 3. The summed E-state index contributed by atoms with van der Waals surface area (Å²) in [5.74, 6) is -0.866. The van der Waals surface area contributed by atoms with Gasteiger partial charge < -0.3 is 9.80 Å². The largest absolute Gasteiger partial charge is 0.420 e. The number of imidazole rings is 1. The van der Waals surface area contributed by atoms with Gasteiger partial charge in [-0.3, -0.25) is 14.0 Å². The summed E-state index contributed by atoms with van der Waals surface area (Å²) in [4.78, 5) is 32.5. The number of nitrogens with one attached hydrogen (secondary N) is 1. The number of carbonyl (C=O) groups excluding carboxylic acids is 2. The maximum absolute atomic E-state index is 13.8. The van der Waals surface area contributed by atoms with Crippen molar-refractivity contribution in [1.82, 2.24) is 34.6 Å². The first-order chi connectivity index (χ1) is 15.2. The van der Waals surface area contributed by atoms with Crippen LogP contribution in [-0.4, -0.2) is 72.1 Å². The highest BCUT2D eigenvalue weighted by atomic mass is 35.5. The zero-order chi connectivity index (χ0) is 22.6. The van der Waals surface area contributed by atoms with Crippen LogP contribution in [0, 0.1) is 0 Å². The number of aromatic nitrogens is 5. The Morgan fingerprint density at radius 1 is 1.25 bits per heavy atom. The molecule has 168 valence electrons. The second kappa shape index (κ2) is 7.47. The van der Waals surface area contributed by atoms with Gasteiger partial charge in [-0.2, -0.15) is 28.6 Å². The first-order valence-electron chi connectivity index (χ1n) is 9.97. The molecule has 5 rings (SSSR count). The number of fused-ring (bicyclic) bond motifs is 1. The number of halogens is 4. The summed E-state index contributed by atoms with van der Waals surface area (Å²) < 4.78 is 42.3. The van der Waals surface area contributed by atoms with Crippen LogP contribution in [0.25, 0.3) is 16.9 Å². The van der Waals surface area contributed by atoms with Crippen LogP contribution in [0.1, 0.15) is 35.3 Å². The molecule has 4 heterocycles. The lowest BCUT2D eigenvalue weighted by molar-refractivity contribution is -0.139. The van der Waals surface area contributed by atoms with E-state index >= 15 is 0 Å². The van der Waals surface area contributed by atoms with Crippen molar-refractivity contribution in [2.24, 2.45) is 0 Å². The van der Waals surface area contributed by atoms with Crippen LogP contribution in [0.4, 0.5) is 13.2 Å². The van der Waals surface area contributed by atoms with Crippen molar-refractivity contribution in [3.05, 3.63) is 34.9 Å². The van der Waals surface area contributed by atoms with Crippen LogP contribution >= 0.6 is 11.6 Å². The van der Waals surface area contributed by atoms with Gasteiger partial charge in [0.15, 0.2) is 11.3 Å². The molecule has 13 heteroatoms. The molecule has 0 spiro atoms. The topological polar surface area (TPSA) is 99.5 Å². The molecule has 0 radical (unpaired) electrons. The van der Waals surface area contributed by atoms with Crippen LogP contribution in [-0.2, 0) is 11.0 Å². The standard InChI is InChI=1S/C19H17ClF3N7O2/c20-16-15(18(32)28-4-5-29(14(31)9-28)11-2-1-3-11)25-17-12(19(21,22)23)6-10(8-30(16)17)13-7-24-27-26-13/h6-8,11H,1-5,9H2,(H,24,26,27). The number of pyridine rings is 1. The van der Waals surface area contributed by atoms with Gasteiger partial charge in [-0.15, -0.1) is 0 Å². The number of carbonyl (C=O) groups is 2. The lowest BCUT2D eigenvalue weighted by atomic mass is 9.91. The number of rotatable bonds is 3. The van der Waals surface area contributed by atoms with Gasteiger partial charge in [0.05, 0.1) is 11.8 Å². The maximum Gasteiger partial charge on any atom is 0.420 e. The van der Waals surface area contributed by atoms with Crippen molar-refractivity contribution in [2.45, 2.75) is 31.5 Å². The number of hydrogen-bond donors (Lipinski definition) is 1. The Hall–Kier alpha value is -3.15. The van der Waals surface area contributed by atoms with Crippen LogP contribution < -0.4 is 0 Å². The summed E-state index contributed by atoms with van der Waals surface area (Å²) in [7, 11) is 0. The Morgan fingerprint density at radius 2 is 2.03 bits per heavy atom. The van der Waals surface area contributed by atoms with E-state index in [1.807, 2.05) is 0 Å². The predicted molar refractivity (Wildman–Crippen MR) is 106 cm³/mol. The van der Waals surface area contributed by atoms with E-state index in [2.05, 4.69) is 20.4 Å². The number of amides is 2. The third-order valence-electron chi connectivity index (χ3n) is 5.94. The van der Waals surface area contributed by atoms with Gasteiger partial charge in [0, 0.05) is 30.9 Å². The minimum Gasteiger partial charge on any atom is -0.336 e. The Morgan fingerprint density at radius 3 is 2.62 bits per heavy atom. The van der Waals surface area contributed by atoms with Crippen molar-refractivity contribution in [3.63, 3.8) is 0 Å². The van der Waals surface area contributed by atoms with Gasteiger partial charge in [0.2, 0.25) is 5.91 Å². The first kappa shape index (κ1) is 20.7. The minimum atomic E-state index is -4.75. The zero-order valence-corrected chi connectivity index (χ0v) is 17.3. The molecule has 0 aromatic carbocycles. The smallest absolute Gasteiger partial charge is 0.336 e. The second-order valence-corrected chi connectivity index (χ2v) is 8.20. The molecule has 3 aromatic heterocycles. The summed E-state index contributed by atoms with van der Waals surface area (Å²) in [6.45, 7) is 0.488. The number of nitrogens with zero attached hydrogens (tertiary/aromatic N) is 6. The number of H-pyrrole nitrogens is 1. The molecule has 1 aliphatic heterocycles. The highest BCUT2D eigenvalue weighted by Crippen LogP contribution is 2.37. The highest BCUT2D eigenvalue weighted by Gasteiger charge is 2.38. The van der Waals surface area contributed by atoms with E-state index in [0.717, 1.165) is 29.7 Å². The molecular weight excluding hydrogens is 451 g/mol. The molecule has 2 amide bonds. The van der Waals surface area contributed by atoms with E-state index < -0.39 is 23.3 Å². The normalized spacial score (nSPS) is 17.8. The van der Waals surface area contributed by atoms with Crippen molar-refractivity contribution >= 4 is 29.1 Å². The van der Waals surface area contributed by atoms with E-state index in [9.17, 15) is 22.8 Å². The molecule has 1 N–H and O–H groups in total. The van der Waals surface area contributed by atoms with Gasteiger partial charge >= 0.3 is 6.18 Å². The number of piperazine rings is 1.